The summed E-state index contributed by atoms with van der Waals surface area (Å²) in [4.78, 5) is 0. The van der Waals surface area contributed by atoms with Gasteiger partial charge >= 0.3 is 0 Å². The summed E-state index contributed by atoms with van der Waals surface area (Å²) in [5, 5.41) is 4.45. The van der Waals surface area contributed by atoms with Crippen LogP contribution in [0.5, 0.6) is 0 Å². The summed E-state index contributed by atoms with van der Waals surface area (Å²) in [5.74, 6) is 5.65. The van der Waals surface area contributed by atoms with Crippen molar-refractivity contribution in [2.75, 3.05) is 7.11 Å². The number of nitrogens with zero attached hydrogens (tertiary/aromatic N) is 2. The normalized spacial score (nSPS) is 13.9. The molecule has 1 heterocycles. The number of rotatable bonds is 7. The smallest absolute Gasteiger partial charge is 0.0638 e. The quantitative estimate of drug-likeness (QED) is 0.570. The molecule has 1 rings (SSSR count). The van der Waals surface area contributed by atoms with E-state index < -0.39 is 0 Å². The van der Waals surface area contributed by atoms with Crippen LogP contribution >= 0.6 is 0 Å². The third kappa shape index (κ3) is 4.08. The van der Waals surface area contributed by atoms with Crippen LogP contribution in [-0.2, 0) is 17.7 Å². The molecule has 0 aliphatic carbocycles. The van der Waals surface area contributed by atoms with Gasteiger partial charge in [-0.05, 0) is 40.2 Å². The van der Waals surface area contributed by atoms with E-state index in [4.69, 9.17) is 10.6 Å². The predicted molar refractivity (Wildman–Crippen MR) is 73.2 cm³/mol. The molecule has 1 aromatic rings. The summed E-state index contributed by atoms with van der Waals surface area (Å²) in [6, 6.07) is 2.30. The van der Waals surface area contributed by atoms with Gasteiger partial charge in [0.25, 0.3) is 0 Å². The fraction of sp³-hybridized carbons (Fsp3) is 0.769. The molecule has 1 aromatic heterocycles. The summed E-state index contributed by atoms with van der Waals surface area (Å²) in [6.07, 6.45) is 1.71. The molecule has 5 heteroatoms. The predicted octanol–water partition coefficient (Wildman–Crippen LogP) is 1.40. The Hall–Kier alpha value is -0.910. The Morgan fingerprint density at radius 3 is 2.72 bits per heavy atom. The van der Waals surface area contributed by atoms with E-state index in [-0.39, 0.29) is 11.6 Å². The van der Waals surface area contributed by atoms with Gasteiger partial charge in [-0.3, -0.25) is 16.0 Å². The number of hydrogen-bond acceptors (Lipinski definition) is 4. The zero-order valence-electron chi connectivity index (χ0n) is 12.2. The van der Waals surface area contributed by atoms with Crippen LogP contribution in [0.4, 0.5) is 0 Å². The second kappa shape index (κ2) is 6.31. The van der Waals surface area contributed by atoms with Crippen molar-refractivity contribution in [3.05, 3.63) is 17.5 Å². The summed E-state index contributed by atoms with van der Waals surface area (Å²) in [6.45, 7) is 9.13. The minimum absolute atomic E-state index is 0.177. The first-order chi connectivity index (χ1) is 8.41. The van der Waals surface area contributed by atoms with Crippen LogP contribution in [0.25, 0.3) is 0 Å². The number of aryl methyl sites for hydroxylation is 2. The molecule has 0 spiro atoms. The Labute approximate surface area is 110 Å². The Morgan fingerprint density at radius 1 is 1.56 bits per heavy atom. The lowest BCUT2D eigenvalue weighted by molar-refractivity contribution is 0.00696. The second-order valence-electron chi connectivity index (χ2n) is 5.33. The Balaban J connectivity index is 2.73. The molecule has 0 aliphatic rings. The van der Waals surface area contributed by atoms with Crippen molar-refractivity contribution in [2.24, 2.45) is 5.84 Å². The van der Waals surface area contributed by atoms with E-state index in [0.717, 1.165) is 25.1 Å². The van der Waals surface area contributed by atoms with Crippen molar-refractivity contribution in [1.29, 1.82) is 0 Å². The molecule has 3 N–H and O–H groups in total. The number of hydrogen-bond donors (Lipinski definition) is 2. The summed E-state index contributed by atoms with van der Waals surface area (Å²) >= 11 is 0. The van der Waals surface area contributed by atoms with Gasteiger partial charge < -0.3 is 4.74 Å². The van der Waals surface area contributed by atoms with Gasteiger partial charge in [0.1, 0.15) is 0 Å². The van der Waals surface area contributed by atoms with E-state index >= 15 is 0 Å². The number of nitrogens with two attached hydrogens (primary N) is 1. The molecule has 1 atom stereocenters. The average Bonchev–Trinajstić information content (AvgIpc) is 2.68. The lowest BCUT2D eigenvalue weighted by atomic mass is 9.96. The van der Waals surface area contributed by atoms with Gasteiger partial charge in [0.15, 0.2) is 0 Å². The maximum absolute atomic E-state index is 5.65. The van der Waals surface area contributed by atoms with Crippen molar-refractivity contribution in [3.63, 3.8) is 0 Å². The van der Waals surface area contributed by atoms with Crippen molar-refractivity contribution in [2.45, 2.75) is 58.7 Å². The van der Waals surface area contributed by atoms with Gasteiger partial charge in [-0.1, -0.05) is 0 Å². The molecule has 0 radical (unpaired) electrons. The molecular formula is C13H26N4O. The highest BCUT2D eigenvalue weighted by atomic mass is 16.5. The van der Waals surface area contributed by atoms with E-state index in [1.54, 1.807) is 7.11 Å². The highest BCUT2D eigenvalue weighted by Crippen LogP contribution is 2.18. The SMILES string of the molecule is CCn1nc(C)cc1CC(CC(C)(C)OC)NN. The average molecular weight is 254 g/mol. The highest BCUT2D eigenvalue weighted by Gasteiger charge is 2.23. The van der Waals surface area contributed by atoms with Crippen LogP contribution in [-0.4, -0.2) is 28.5 Å². The van der Waals surface area contributed by atoms with Gasteiger partial charge in [-0.15, -0.1) is 0 Å². The largest absolute Gasteiger partial charge is 0.379 e. The first kappa shape index (κ1) is 15.1. The number of nitrogens with one attached hydrogen (secondary N) is 1. The van der Waals surface area contributed by atoms with E-state index in [1.807, 2.05) is 11.6 Å². The molecule has 0 saturated carbocycles. The lowest BCUT2D eigenvalue weighted by Gasteiger charge is -2.28. The maximum atomic E-state index is 5.65. The van der Waals surface area contributed by atoms with E-state index in [1.165, 1.54) is 5.69 Å². The van der Waals surface area contributed by atoms with E-state index in [0.29, 0.717) is 0 Å². The Morgan fingerprint density at radius 2 is 2.22 bits per heavy atom. The topological polar surface area (TPSA) is 65.1 Å². The molecule has 0 fully saturated rings. The van der Waals surface area contributed by atoms with Crippen LogP contribution in [0, 0.1) is 6.92 Å². The van der Waals surface area contributed by atoms with Gasteiger partial charge in [0.05, 0.1) is 11.3 Å². The molecule has 1 unspecified atom stereocenters. The van der Waals surface area contributed by atoms with Crippen LogP contribution in [0.2, 0.25) is 0 Å². The standard InChI is InChI=1S/C13H26N4O/c1-6-17-12(7-10(2)16-17)8-11(15-14)9-13(3,4)18-5/h7,11,15H,6,8-9,14H2,1-5H3. The fourth-order valence-corrected chi connectivity index (χ4v) is 2.16. The molecular weight excluding hydrogens is 228 g/mol. The molecule has 104 valence electrons. The van der Waals surface area contributed by atoms with Crippen molar-refractivity contribution in [3.8, 4) is 0 Å². The van der Waals surface area contributed by atoms with Gasteiger partial charge in [-0.25, -0.2) is 0 Å². The number of methoxy groups -OCH3 is 1. The molecule has 0 saturated heterocycles. The first-order valence-electron chi connectivity index (χ1n) is 6.46. The second-order valence-corrected chi connectivity index (χ2v) is 5.33. The minimum Gasteiger partial charge on any atom is -0.379 e. The van der Waals surface area contributed by atoms with Crippen molar-refractivity contribution in [1.82, 2.24) is 15.2 Å². The van der Waals surface area contributed by atoms with Gasteiger partial charge in [0.2, 0.25) is 0 Å². The zero-order valence-corrected chi connectivity index (χ0v) is 12.2. The van der Waals surface area contributed by atoms with E-state index in [2.05, 4.69) is 37.4 Å². The van der Waals surface area contributed by atoms with Gasteiger partial charge in [-0.2, -0.15) is 5.10 Å². The van der Waals surface area contributed by atoms with Crippen LogP contribution in [0.3, 0.4) is 0 Å². The van der Waals surface area contributed by atoms with Gasteiger partial charge in [0, 0.05) is 31.8 Å². The highest BCUT2D eigenvalue weighted by molar-refractivity contribution is 5.10. The summed E-state index contributed by atoms with van der Waals surface area (Å²) < 4.78 is 7.48. The molecule has 5 nitrogen and oxygen atoms in total. The third-order valence-corrected chi connectivity index (χ3v) is 3.27. The number of ether oxygens (including phenoxy) is 1. The summed E-state index contributed by atoms with van der Waals surface area (Å²) in [7, 11) is 1.73. The molecule has 0 amide bonds. The minimum atomic E-state index is -0.177. The molecule has 0 aromatic carbocycles. The third-order valence-electron chi connectivity index (χ3n) is 3.27. The van der Waals surface area contributed by atoms with Crippen molar-refractivity contribution >= 4 is 0 Å². The van der Waals surface area contributed by atoms with Crippen molar-refractivity contribution < 1.29 is 4.74 Å². The monoisotopic (exact) mass is 254 g/mol. The Bertz CT molecular complexity index is 373. The van der Waals surface area contributed by atoms with E-state index in [9.17, 15) is 0 Å². The maximum Gasteiger partial charge on any atom is 0.0638 e. The van der Waals surface area contributed by atoms with Crippen LogP contribution in [0.15, 0.2) is 6.07 Å². The zero-order chi connectivity index (χ0) is 13.8. The molecule has 0 bridgehead atoms. The summed E-state index contributed by atoms with van der Waals surface area (Å²) in [5.41, 5.74) is 4.97. The van der Waals surface area contributed by atoms with Crippen LogP contribution in [0.1, 0.15) is 38.6 Å². The first-order valence-corrected chi connectivity index (χ1v) is 6.46. The molecule has 0 aliphatic heterocycles. The van der Waals surface area contributed by atoms with Crippen LogP contribution < -0.4 is 11.3 Å². The lowest BCUT2D eigenvalue weighted by Crippen LogP contribution is -2.42. The Kier molecular flexibility index (Phi) is 5.31. The number of aromatic nitrogens is 2. The number of hydrazine groups is 1. The fourth-order valence-electron chi connectivity index (χ4n) is 2.16. The molecule has 18 heavy (non-hydrogen) atoms.